The number of hydrogen-bond acceptors (Lipinski definition) is 2. The van der Waals surface area contributed by atoms with E-state index in [1.807, 2.05) is 20.8 Å². The average Bonchev–Trinajstić information content (AvgIpc) is 2.01. The summed E-state index contributed by atoms with van der Waals surface area (Å²) in [7, 11) is 0. The van der Waals surface area contributed by atoms with Gasteiger partial charge in [0.15, 0.2) is 0 Å². The lowest BCUT2D eigenvalue weighted by atomic mass is 10.2. The van der Waals surface area contributed by atoms with Crippen LogP contribution in [0.5, 0.6) is 0 Å². The number of rotatable bonds is 5. The molecule has 0 aromatic heterocycles. The number of carbonyl (C=O) groups excluding carboxylic acids is 1. The Labute approximate surface area is 85.3 Å². The minimum absolute atomic E-state index is 0.0147. The average molecular weight is 202 g/mol. The molecule has 0 aliphatic heterocycles. The molecule has 0 aliphatic rings. The van der Waals surface area contributed by atoms with Crippen LogP contribution in [-0.4, -0.2) is 28.9 Å². The smallest absolute Gasteiger partial charge is 0.225 e. The Morgan fingerprint density at radius 2 is 2.08 bits per heavy atom. The van der Waals surface area contributed by atoms with Gasteiger partial charge in [-0.3, -0.25) is 4.79 Å². The first-order valence-corrected chi connectivity index (χ1v) is 4.97. The summed E-state index contributed by atoms with van der Waals surface area (Å²) < 4.78 is 0. The lowest BCUT2D eigenvalue weighted by molar-refractivity contribution is -0.133. The van der Waals surface area contributed by atoms with Gasteiger partial charge in [0, 0.05) is 12.5 Å². The van der Waals surface area contributed by atoms with Crippen molar-refractivity contribution in [3.63, 3.8) is 0 Å². The third-order valence-corrected chi connectivity index (χ3v) is 1.77. The molecule has 13 heavy (non-hydrogen) atoms. The molecule has 0 rings (SSSR count). The third kappa shape index (κ3) is 4.83. The number of thiocarbonyl (C=S) groups is 1. The van der Waals surface area contributed by atoms with Gasteiger partial charge in [0.1, 0.15) is 0 Å². The summed E-state index contributed by atoms with van der Waals surface area (Å²) in [5.74, 6) is 0.135. The summed E-state index contributed by atoms with van der Waals surface area (Å²) >= 11 is 4.78. The van der Waals surface area contributed by atoms with Crippen molar-refractivity contribution in [3.8, 4) is 0 Å². The summed E-state index contributed by atoms with van der Waals surface area (Å²) in [6, 6.07) is 0. The van der Waals surface area contributed by atoms with Gasteiger partial charge in [-0.15, -0.1) is 0 Å². The second kappa shape index (κ2) is 5.91. The molecular formula is C9H18N2OS. The fourth-order valence-electron chi connectivity index (χ4n) is 1.09. The van der Waals surface area contributed by atoms with Crippen LogP contribution in [0, 0.1) is 5.92 Å². The van der Waals surface area contributed by atoms with E-state index >= 15 is 0 Å². The van der Waals surface area contributed by atoms with Gasteiger partial charge in [0.2, 0.25) is 5.91 Å². The molecule has 76 valence electrons. The largest absolute Gasteiger partial charge is 0.392 e. The van der Waals surface area contributed by atoms with Crippen molar-refractivity contribution in [2.24, 2.45) is 11.7 Å². The first kappa shape index (κ1) is 12.4. The molecule has 0 saturated heterocycles. The Bertz CT molecular complexity index is 192. The summed E-state index contributed by atoms with van der Waals surface area (Å²) in [6.45, 7) is 6.92. The fraction of sp³-hybridized carbons (Fsp3) is 0.778. The van der Waals surface area contributed by atoms with Gasteiger partial charge in [-0.05, 0) is 6.42 Å². The quantitative estimate of drug-likeness (QED) is 0.681. The van der Waals surface area contributed by atoms with Crippen LogP contribution in [-0.2, 0) is 4.79 Å². The maximum Gasteiger partial charge on any atom is 0.225 e. The maximum absolute atomic E-state index is 11.6. The van der Waals surface area contributed by atoms with Gasteiger partial charge in [-0.1, -0.05) is 33.0 Å². The van der Waals surface area contributed by atoms with Crippen LogP contribution in [0.4, 0.5) is 0 Å². The highest BCUT2D eigenvalue weighted by molar-refractivity contribution is 7.80. The molecule has 4 heteroatoms. The highest BCUT2D eigenvalue weighted by atomic mass is 32.1. The van der Waals surface area contributed by atoms with E-state index in [1.165, 1.54) is 0 Å². The molecule has 0 atom stereocenters. The number of nitrogens with two attached hydrogens (primary N) is 1. The minimum Gasteiger partial charge on any atom is -0.392 e. The van der Waals surface area contributed by atoms with E-state index in [0.717, 1.165) is 13.0 Å². The predicted molar refractivity (Wildman–Crippen MR) is 58.5 cm³/mol. The van der Waals surface area contributed by atoms with Gasteiger partial charge in [-0.25, -0.2) is 0 Å². The Hall–Kier alpha value is -0.640. The predicted octanol–water partition coefficient (Wildman–Crippen LogP) is 1.17. The van der Waals surface area contributed by atoms with Crippen LogP contribution in [0.15, 0.2) is 0 Å². The Morgan fingerprint density at radius 3 is 2.38 bits per heavy atom. The van der Waals surface area contributed by atoms with E-state index in [-0.39, 0.29) is 11.8 Å². The summed E-state index contributed by atoms with van der Waals surface area (Å²) in [5.41, 5.74) is 5.40. The minimum atomic E-state index is 0.0147. The molecule has 0 aromatic rings. The summed E-state index contributed by atoms with van der Waals surface area (Å²) in [4.78, 5) is 13.7. The Balaban J connectivity index is 4.23. The van der Waals surface area contributed by atoms with E-state index in [1.54, 1.807) is 4.90 Å². The summed E-state index contributed by atoms with van der Waals surface area (Å²) in [6.07, 6.45) is 0.932. The van der Waals surface area contributed by atoms with Crippen LogP contribution in [0.2, 0.25) is 0 Å². The molecule has 0 spiro atoms. The van der Waals surface area contributed by atoms with Gasteiger partial charge in [-0.2, -0.15) is 0 Å². The van der Waals surface area contributed by atoms with Crippen molar-refractivity contribution in [3.05, 3.63) is 0 Å². The molecule has 2 N–H and O–H groups in total. The topological polar surface area (TPSA) is 46.3 Å². The first-order chi connectivity index (χ1) is 5.99. The van der Waals surface area contributed by atoms with E-state index in [4.69, 9.17) is 18.0 Å². The number of hydrogen-bond donors (Lipinski definition) is 1. The second-order valence-electron chi connectivity index (χ2n) is 3.38. The molecule has 3 nitrogen and oxygen atoms in total. The molecule has 0 aromatic carbocycles. The molecular weight excluding hydrogens is 184 g/mol. The molecule has 0 radical (unpaired) electrons. The molecule has 0 bridgehead atoms. The van der Waals surface area contributed by atoms with Crippen LogP contribution < -0.4 is 5.73 Å². The van der Waals surface area contributed by atoms with Gasteiger partial charge in [0.25, 0.3) is 0 Å². The molecule has 0 saturated carbocycles. The molecule has 0 heterocycles. The summed E-state index contributed by atoms with van der Waals surface area (Å²) in [5, 5.41) is 0. The van der Waals surface area contributed by atoms with Crippen LogP contribution >= 0.6 is 12.2 Å². The van der Waals surface area contributed by atoms with Crippen molar-refractivity contribution in [2.75, 3.05) is 13.1 Å². The zero-order valence-corrected chi connectivity index (χ0v) is 9.36. The van der Waals surface area contributed by atoms with E-state index < -0.39 is 0 Å². The zero-order chi connectivity index (χ0) is 10.4. The van der Waals surface area contributed by atoms with Crippen molar-refractivity contribution in [1.82, 2.24) is 4.90 Å². The highest BCUT2D eigenvalue weighted by Crippen LogP contribution is 2.02. The van der Waals surface area contributed by atoms with Crippen molar-refractivity contribution in [1.29, 1.82) is 0 Å². The van der Waals surface area contributed by atoms with Crippen molar-refractivity contribution in [2.45, 2.75) is 27.2 Å². The zero-order valence-electron chi connectivity index (χ0n) is 8.54. The van der Waals surface area contributed by atoms with Crippen molar-refractivity contribution < 1.29 is 4.79 Å². The van der Waals surface area contributed by atoms with Crippen LogP contribution in [0.1, 0.15) is 27.2 Å². The Morgan fingerprint density at radius 1 is 1.54 bits per heavy atom. The lowest BCUT2D eigenvalue weighted by Gasteiger charge is -2.23. The number of amides is 1. The highest BCUT2D eigenvalue weighted by Gasteiger charge is 2.16. The third-order valence-electron chi connectivity index (χ3n) is 1.65. The first-order valence-electron chi connectivity index (χ1n) is 4.56. The van der Waals surface area contributed by atoms with Gasteiger partial charge >= 0.3 is 0 Å². The second-order valence-corrected chi connectivity index (χ2v) is 3.91. The molecule has 1 amide bonds. The molecule has 0 fully saturated rings. The van der Waals surface area contributed by atoms with Crippen LogP contribution in [0.3, 0.4) is 0 Å². The molecule has 0 aliphatic carbocycles. The normalized spacial score (nSPS) is 10.2. The van der Waals surface area contributed by atoms with Crippen molar-refractivity contribution >= 4 is 23.1 Å². The van der Waals surface area contributed by atoms with E-state index in [2.05, 4.69) is 0 Å². The van der Waals surface area contributed by atoms with E-state index in [9.17, 15) is 4.79 Å². The fourth-order valence-corrected chi connectivity index (χ4v) is 1.25. The van der Waals surface area contributed by atoms with Gasteiger partial charge < -0.3 is 10.6 Å². The maximum atomic E-state index is 11.6. The monoisotopic (exact) mass is 202 g/mol. The van der Waals surface area contributed by atoms with E-state index in [0.29, 0.717) is 11.5 Å². The Kier molecular flexibility index (Phi) is 5.62. The SMILES string of the molecule is CCCN(CC(N)=S)C(=O)C(C)C. The van der Waals surface area contributed by atoms with Crippen LogP contribution in [0.25, 0.3) is 0 Å². The number of nitrogens with zero attached hydrogens (tertiary/aromatic N) is 1. The molecule has 0 unspecified atom stereocenters. The number of carbonyl (C=O) groups is 1. The van der Waals surface area contributed by atoms with Gasteiger partial charge in [0.05, 0.1) is 11.5 Å². The lowest BCUT2D eigenvalue weighted by Crippen LogP contribution is -2.40. The standard InChI is InChI=1S/C9H18N2OS/c1-4-5-11(6-8(10)13)9(12)7(2)3/h7H,4-6H2,1-3H3,(H2,10,13).